The van der Waals surface area contributed by atoms with Gasteiger partial charge in [0.2, 0.25) is 0 Å². The van der Waals surface area contributed by atoms with Crippen molar-refractivity contribution in [3.05, 3.63) is 29.6 Å². The molecule has 60 valence electrons. The lowest BCUT2D eigenvalue weighted by Gasteiger charge is -2.03. The quantitative estimate of drug-likeness (QED) is 0.695. The van der Waals surface area contributed by atoms with E-state index in [0.717, 1.165) is 11.1 Å². The van der Waals surface area contributed by atoms with Gasteiger partial charge in [-0.3, -0.25) is 4.98 Å². The van der Waals surface area contributed by atoms with Crippen LogP contribution in [0.3, 0.4) is 0 Å². The summed E-state index contributed by atoms with van der Waals surface area (Å²) in [5.41, 5.74) is 1.82. The van der Waals surface area contributed by atoms with Gasteiger partial charge in [-0.25, -0.2) is 0 Å². The number of ether oxygens (including phenoxy) is 1. The second kappa shape index (κ2) is 4.05. The van der Waals surface area contributed by atoms with Crippen LogP contribution in [0.5, 0.6) is 0 Å². The zero-order valence-electron chi connectivity index (χ0n) is 6.45. The van der Waals surface area contributed by atoms with Crippen molar-refractivity contribution in [2.75, 3.05) is 7.11 Å². The summed E-state index contributed by atoms with van der Waals surface area (Å²) in [7, 11) is 1.63. The number of hydrogen-bond donors (Lipinski definition) is 1. The highest BCUT2D eigenvalue weighted by Crippen LogP contribution is 2.07. The largest absolute Gasteiger partial charge is 0.392 e. The first-order valence-corrected chi connectivity index (χ1v) is 3.40. The van der Waals surface area contributed by atoms with Crippen molar-refractivity contribution < 1.29 is 9.84 Å². The minimum absolute atomic E-state index is 0.0204. The SMILES string of the molecule is COCc1ccncc1CO. The fourth-order valence-corrected chi connectivity index (χ4v) is 0.895. The summed E-state index contributed by atoms with van der Waals surface area (Å²) >= 11 is 0. The number of rotatable bonds is 3. The van der Waals surface area contributed by atoms with E-state index in [0.29, 0.717) is 6.61 Å². The summed E-state index contributed by atoms with van der Waals surface area (Å²) in [5, 5.41) is 8.85. The van der Waals surface area contributed by atoms with Crippen LogP contribution in [0.25, 0.3) is 0 Å². The van der Waals surface area contributed by atoms with E-state index in [4.69, 9.17) is 9.84 Å². The molecule has 1 aromatic heterocycles. The number of aromatic nitrogens is 1. The maximum absolute atomic E-state index is 8.85. The van der Waals surface area contributed by atoms with E-state index < -0.39 is 0 Å². The lowest BCUT2D eigenvalue weighted by Crippen LogP contribution is -1.95. The first-order valence-electron chi connectivity index (χ1n) is 3.40. The molecule has 1 aromatic rings. The van der Waals surface area contributed by atoms with E-state index in [1.807, 2.05) is 6.07 Å². The van der Waals surface area contributed by atoms with Gasteiger partial charge in [-0.15, -0.1) is 0 Å². The third-order valence-electron chi connectivity index (χ3n) is 1.47. The molecule has 0 bridgehead atoms. The van der Waals surface area contributed by atoms with Crippen molar-refractivity contribution in [2.45, 2.75) is 13.2 Å². The fourth-order valence-electron chi connectivity index (χ4n) is 0.895. The molecule has 0 spiro atoms. The van der Waals surface area contributed by atoms with E-state index in [2.05, 4.69) is 4.98 Å². The minimum atomic E-state index is 0.0204. The Bertz CT molecular complexity index is 225. The van der Waals surface area contributed by atoms with Crippen molar-refractivity contribution in [2.24, 2.45) is 0 Å². The van der Waals surface area contributed by atoms with Crippen LogP contribution in [-0.2, 0) is 18.0 Å². The first-order chi connectivity index (χ1) is 5.38. The topological polar surface area (TPSA) is 42.4 Å². The lowest BCUT2D eigenvalue weighted by molar-refractivity contribution is 0.181. The molecular weight excluding hydrogens is 142 g/mol. The molecule has 11 heavy (non-hydrogen) atoms. The Labute approximate surface area is 65.7 Å². The maximum Gasteiger partial charge on any atom is 0.0717 e. The van der Waals surface area contributed by atoms with Crippen LogP contribution in [-0.4, -0.2) is 17.2 Å². The van der Waals surface area contributed by atoms with Gasteiger partial charge in [0, 0.05) is 25.1 Å². The zero-order valence-corrected chi connectivity index (χ0v) is 6.45. The van der Waals surface area contributed by atoms with E-state index in [1.165, 1.54) is 0 Å². The molecule has 0 aromatic carbocycles. The van der Waals surface area contributed by atoms with Crippen LogP contribution in [0.2, 0.25) is 0 Å². The molecule has 1 rings (SSSR count). The Morgan fingerprint density at radius 1 is 1.55 bits per heavy atom. The standard InChI is InChI=1S/C8H11NO2/c1-11-6-7-2-3-9-4-8(7)5-10/h2-4,10H,5-6H2,1H3. The van der Waals surface area contributed by atoms with Crippen LogP contribution < -0.4 is 0 Å². The number of nitrogens with zero attached hydrogens (tertiary/aromatic N) is 1. The lowest BCUT2D eigenvalue weighted by atomic mass is 10.2. The van der Waals surface area contributed by atoms with E-state index in [1.54, 1.807) is 19.5 Å². The van der Waals surface area contributed by atoms with E-state index >= 15 is 0 Å². The third-order valence-corrected chi connectivity index (χ3v) is 1.47. The predicted octanol–water partition coefficient (Wildman–Crippen LogP) is 0.720. The van der Waals surface area contributed by atoms with Crippen LogP contribution in [0.1, 0.15) is 11.1 Å². The number of methoxy groups -OCH3 is 1. The van der Waals surface area contributed by atoms with E-state index in [-0.39, 0.29) is 6.61 Å². The van der Waals surface area contributed by atoms with Crippen molar-refractivity contribution >= 4 is 0 Å². The molecule has 1 heterocycles. The molecule has 3 nitrogen and oxygen atoms in total. The molecule has 0 amide bonds. The number of aliphatic hydroxyl groups is 1. The molecule has 0 fully saturated rings. The van der Waals surface area contributed by atoms with Gasteiger partial charge in [-0.1, -0.05) is 0 Å². The molecule has 3 heteroatoms. The molecular formula is C8H11NO2. The average molecular weight is 153 g/mol. The first kappa shape index (κ1) is 8.17. The van der Waals surface area contributed by atoms with Crippen LogP contribution in [0.4, 0.5) is 0 Å². The molecule has 1 N–H and O–H groups in total. The normalized spacial score (nSPS) is 10.0. The molecule has 0 atom stereocenters. The molecule has 0 saturated carbocycles. The summed E-state index contributed by atoms with van der Waals surface area (Å²) in [6.45, 7) is 0.547. The Balaban J connectivity index is 2.83. The highest BCUT2D eigenvalue weighted by Gasteiger charge is 1.98. The predicted molar refractivity (Wildman–Crippen MR) is 40.9 cm³/mol. The summed E-state index contributed by atoms with van der Waals surface area (Å²) in [6, 6.07) is 1.84. The molecule has 0 aliphatic heterocycles. The Morgan fingerprint density at radius 2 is 2.36 bits per heavy atom. The van der Waals surface area contributed by atoms with E-state index in [9.17, 15) is 0 Å². The summed E-state index contributed by atoms with van der Waals surface area (Å²) in [6.07, 6.45) is 3.34. The third kappa shape index (κ3) is 2.00. The fraction of sp³-hybridized carbons (Fsp3) is 0.375. The molecule has 0 radical (unpaired) electrons. The van der Waals surface area contributed by atoms with Crippen molar-refractivity contribution in [1.82, 2.24) is 4.98 Å². The molecule has 0 saturated heterocycles. The Hall–Kier alpha value is -0.930. The molecule has 0 unspecified atom stereocenters. The number of pyridine rings is 1. The van der Waals surface area contributed by atoms with Gasteiger partial charge in [-0.2, -0.15) is 0 Å². The zero-order chi connectivity index (χ0) is 8.10. The second-order valence-electron chi connectivity index (χ2n) is 2.24. The van der Waals surface area contributed by atoms with Crippen molar-refractivity contribution in [3.63, 3.8) is 0 Å². The van der Waals surface area contributed by atoms with Gasteiger partial charge in [0.05, 0.1) is 13.2 Å². The van der Waals surface area contributed by atoms with Crippen LogP contribution >= 0.6 is 0 Å². The summed E-state index contributed by atoms with van der Waals surface area (Å²) < 4.78 is 4.93. The molecule has 0 aliphatic rings. The number of hydrogen-bond acceptors (Lipinski definition) is 3. The summed E-state index contributed by atoms with van der Waals surface area (Å²) in [5.74, 6) is 0. The van der Waals surface area contributed by atoms with Gasteiger partial charge in [-0.05, 0) is 11.6 Å². The Kier molecular flexibility index (Phi) is 3.01. The van der Waals surface area contributed by atoms with Gasteiger partial charge in [0.1, 0.15) is 0 Å². The minimum Gasteiger partial charge on any atom is -0.392 e. The molecule has 0 aliphatic carbocycles. The monoisotopic (exact) mass is 153 g/mol. The van der Waals surface area contributed by atoms with Crippen LogP contribution in [0.15, 0.2) is 18.5 Å². The summed E-state index contributed by atoms with van der Waals surface area (Å²) in [4.78, 5) is 3.88. The highest BCUT2D eigenvalue weighted by atomic mass is 16.5. The van der Waals surface area contributed by atoms with Crippen molar-refractivity contribution in [1.29, 1.82) is 0 Å². The maximum atomic E-state index is 8.85. The van der Waals surface area contributed by atoms with Crippen molar-refractivity contribution in [3.8, 4) is 0 Å². The average Bonchev–Trinajstić information content (AvgIpc) is 2.06. The van der Waals surface area contributed by atoms with Gasteiger partial charge < -0.3 is 9.84 Å². The number of aliphatic hydroxyl groups excluding tert-OH is 1. The van der Waals surface area contributed by atoms with Gasteiger partial charge in [0.25, 0.3) is 0 Å². The van der Waals surface area contributed by atoms with Gasteiger partial charge in [0.15, 0.2) is 0 Å². The smallest absolute Gasteiger partial charge is 0.0717 e. The highest BCUT2D eigenvalue weighted by molar-refractivity contribution is 5.21. The second-order valence-corrected chi connectivity index (χ2v) is 2.24. The Morgan fingerprint density at radius 3 is 3.00 bits per heavy atom. The van der Waals surface area contributed by atoms with Gasteiger partial charge >= 0.3 is 0 Å². The van der Waals surface area contributed by atoms with Crippen LogP contribution in [0, 0.1) is 0 Å².